The summed E-state index contributed by atoms with van der Waals surface area (Å²) in [6.45, 7) is 3.42. The lowest BCUT2D eigenvalue weighted by atomic mass is 9.91. The van der Waals surface area contributed by atoms with Gasteiger partial charge in [-0.15, -0.1) is 10.2 Å². The largest absolute Gasteiger partial charge is 0.378 e. The van der Waals surface area contributed by atoms with Gasteiger partial charge >= 0.3 is 0 Å². The molecule has 1 aromatic heterocycles. The fourth-order valence-corrected chi connectivity index (χ4v) is 5.45. The van der Waals surface area contributed by atoms with Gasteiger partial charge in [-0.2, -0.15) is 0 Å². The fourth-order valence-electron chi connectivity index (χ4n) is 3.09. The molecule has 2 aliphatic rings. The molecule has 2 heterocycles. The number of rotatable bonds is 3. The molecular formula is C16H19N3OS2. The SMILES string of the molecule is c1ccc2c(c1)CCC[C@@H]2Sc1nnc(N2CCOCC2)s1. The number of ether oxygens (including phenoxy) is 1. The van der Waals surface area contributed by atoms with Crippen molar-refractivity contribution < 1.29 is 4.74 Å². The topological polar surface area (TPSA) is 38.2 Å². The molecule has 1 aliphatic heterocycles. The van der Waals surface area contributed by atoms with Crippen LogP contribution < -0.4 is 4.90 Å². The van der Waals surface area contributed by atoms with Crippen molar-refractivity contribution in [1.29, 1.82) is 0 Å². The Balaban J connectivity index is 1.49. The molecule has 1 aliphatic carbocycles. The molecule has 0 spiro atoms. The van der Waals surface area contributed by atoms with E-state index in [2.05, 4.69) is 39.4 Å². The van der Waals surface area contributed by atoms with Crippen LogP contribution in [0, 0.1) is 0 Å². The number of hydrogen-bond acceptors (Lipinski definition) is 6. The quantitative estimate of drug-likeness (QED) is 0.859. The van der Waals surface area contributed by atoms with Crippen molar-refractivity contribution in [3.8, 4) is 0 Å². The molecule has 1 saturated heterocycles. The summed E-state index contributed by atoms with van der Waals surface area (Å²) in [7, 11) is 0. The number of aromatic nitrogens is 2. The third kappa shape index (κ3) is 3.00. The molecule has 116 valence electrons. The summed E-state index contributed by atoms with van der Waals surface area (Å²) in [4.78, 5) is 2.28. The van der Waals surface area contributed by atoms with E-state index in [9.17, 15) is 0 Å². The molecule has 0 radical (unpaired) electrons. The van der Waals surface area contributed by atoms with Crippen molar-refractivity contribution in [3.05, 3.63) is 35.4 Å². The zero-order valence-corrected chi connectivity index (χ0v) is 14.0. The van der Waals surface area contributed by atoms with Crippen LogP contribution in [0.1, 0.15) is 29.2 Å². The minimum absolute atomic E-state index is 0.524. The molecular weight excluding hydrogens is 314 g/mol. The normalized spacial score (nSPS) is 21.6. The van der Waals surface area contributed by atoms with Crippen molar-refractivity contribution in [2.75, 3.05) is 31.2 Å². The first kappa shape index (κ1) is 14.5. The number of hydrogen-bond donors (Lipinski definition) is 0. The molecule has 4 rings (SSSR count). The Bertz CT molecular complexity index is 640. The van der Waals surface area contributed by atoms with Gasteiger partial charge in [-0.05, 0) is 30.4 Å². The first-order valence-corrected chi connectivity index (χ1v) is 9.50. The summed E-state index contributed by atoms with van der Waals surface area (Å²) >= 11 is 3.60. The average Bonchev–Trinajstić information content (AvgIpc) is 3.05. The highest BCUT2D eigenvalue weighted by Gasteiger charge is 2.23. The van der Waals surface area contributed by atoms with Gasteiger partial charge in [0.15, 0.2) is 4.34 Å². The highest BCUT2D eigenvalue weighted by atomic mass is 32.2. The predicted octanol–water partition coefficient (Wildman–Crippen LogP) is 3.54. The smallest absolute Gasteiger partial charge is 0.209 e. The highest BCUT2D eigenvalue weighted by molar-refractivity contribution is 8.01. The number of fused-ring (bicyclic) bond motifs is 1. The molecule has 0 unspecified atom stereocenters. The van der Waals surface area contributed by atoms with E-state index in [1.54, 1.807) is 11.3 Å². The van der Waals surface area contributed by atoms with E-state index >= 15 is 0 Å². The van der Waals surface area contributed by atoms with Gasteiger partial charge in [0.1, 0.15) is 0 Å². The zero-order chi connectivity index (χ0) is 14.8. The van der Waals surface area contributed by atoms with Crippen molar-refractivity contribution >= 4 is 28.2 Å². The van der Waals surface area contributed by atoms with Crippen molar-refractivity contribution in [2.45, 2.75) is 28.9 Å². The zero-order valence-electron chi connectivity index (χ0n) is 12.4. The second-order valence-electron chi connectivity index (χ2n) is 5.65. The van der Waals surface area contributed by atoms with E-state index in [0.29, 0.717) is 5.25 Å². The van der Waals surface area contributed by atoms with Gasteiger partial charge in [0.2, 0.25) is 5.13 Å². The molecule has 6 heteroatoms. The monoisotopic (exact) mass is 333 g/mol. The first-order valence-electron chi connectivity index (χ1n) is 7.81. The van der Waals surface area contributed by atoms with E-state index in [-0.39, 0.29) is 0 Å². The molecule has 1 fully saturated rings. The average molecular weight is 333 g/mol. The molecule has 22 heavy (non-hydrogen) atoms. The van der Waals surface area contributed by atoms with Gasteiger partial charge < -0.3 is 9.64 Å². The first-order chi connectivity index (χ1) is 10.9. The van der Waals surface area contributed by atoms with E-state index < -0.39 is 0 Å². The van der Waals surface area contributed by atoms with Gasteiger partial charge in [0, 0.05) is 18.3 Å². The molecule has 0 bridgehead atoms. The Hall–Kier alpha value is -1.11. The fraction of sp³-hybridized carbons (Fsp3) is 0.500. The number of nitrogens with zero attached hydrogens (tertiary/aromatic N) is 3. The minimum atomic E-state index is 0.524. The van der Waals surface area contributed by atoms with Crippen LogP contribution in [-0.2, 0) is 11.2 Å². The van der Waals surface area contributed by atoms with Crippen LogP contribution in [0.4, 0.5) is 5.13 Å². The number of aryl methyl sites for hydroxylation is 1. The summed E-state index contributed by atoms with van der Waals surface area (Å²) in [5, 5.41) is 10.3. The van der Waals surface area contributed by atoms with Crippen molar-refractivity contribution in [1.82, 2.24) is 10.2 Å². The lowest BCUT2D eigenvalue weighted by Gasteiger charge is -2.25. The van der Waals surface area contributed by atoms with E-state index in [1.165, 1.54) is 30.4 Å². The summed E-state index contributed by atoms with van der Waals surface area (Å²) in [6.07, 6.45) is 3.71. The van der Waals surface area contributed by atoms with Gasteiger partial charge in [-0.1, -0.05) is 47.4 Å². The third-order valence-electron chi connectivity index (χ3n) is 4.23. The second kappa shape index (κ2) is 6.56. The van der Waals surface area contributed by atoms with Crippen LogP contribution in [0.25, 0.3) is 0 Å². The Morgan fingerprint density at radius 2 is 2.05 bits per heavy atom. The van der Waals surface area contributed by atoms with E-state index in [4.69, 9.17) is 4.74 Å². The molecule has 2 aromatic rings. The Kier molecular flexibility index (Phi) is 4.32. The minimum Gasteiger partial charge on any atom is -0.378 e. The number of anilines is 1. The molecule has 0 saturated carbocycles. The summed E-state index contributed by atoms with van der Waals surface area (Å²) in [5.41, 5.74) is 2.99. The molecule has 0 amide bonds. The molecule has 1 aromatic carbocycles. The van der Waals surface area contributed by atoms with Gasteiger partial charge in [-0.25, -0.2) is 0 Å². The standard InChI is InChI=1S/C16H19N3OS2/c1-2-6-13-12(4-1)5-3-7-14(13)21-16-18-17-15(22-16)19-8-10-20-11-9-19/h1-2,4,6,14H,3,5,7-11H2/t14-/m0/s1. The summed E-state index contributed by atoms with van der Waals surface area (Å²) in [6, 6.07) is 8.84. The summed E-state index contributed by atoms with van der Waals surface area (Å²) in [5.74, 6) is 0. The van der Waals surface area contributed by atoms with Crippen LogP contribution >= 0.6 is 23.1 Å². The highest BCUT2D eigenvalue weighted by Crippen LogP contribution is 2.44. The maximum absolute atomic E-state index is 5.40. The Labute approximate surface area is 138 Å². The van der Waals surface area contributed by atoms with Crippen LogP contribution in [0.5, 0.6) is 0 Å². The maximum atomic E-state index is 5.40. The molecule has 0 N–H and O–H groups in total. The lowest BCUT2D eigenvalue weighted by molar-refractivity contribution is 0.122. The molecule has 4 nitrogen and oxygen atoms in total. The lowest BCUT2D eigenvalue weighted by Crippen LogP contribution is -2.36. The van der Waals surface area contributed by atoms with Gasteiger partial charge in [0.05, 0.1) is 13.2 Å². The number of thioether (sulfide) groups is 1. The maximum Gasteiger partial charge on any atom is 0.209 e. The molecule has 1 atom stereocenters. The third-order valence-corrected chi connectivity index (χ3v) is 6.61. The van der Waals surface area contributed by atoms with Gasteiger partial charge in [-0.3, -0.25) is 0 Å². The predicted molar refractivity (Wildman–Crippen MR) is 90.9 cm³/mol. The van der Waals surface area contributed by atoms with Crippen molar-refractivity contribution in [3.63, 3.8) is 0 Å². The van der Waals surface area contributed by atoms with Gasteiger partial charge in [0.25, 0.3) is 0 Å². The van der Waals surface area contributed by atoms with Crippen LogP contribution in [0.2, 0.25) is 0 Å². The van der Waals surface area contributed by atoms with E-state index in [1.807, 2.05) is 11.8 Å². The van der Waals surface area contributed by atoms with Crippen LogP contribution in [0.15, 0.2) is 28.6 Å². The van der Waals surface area contributed by atoms with Crippen LogP contribution in [-0.4, -0.2) is 36.5 Å². The Morgan fingerprint density at radius 3 is 2.95 bits per heavy atom. The summed E-state index contributed by atoms with van der Waals surface area (Å²) < 4.78 is 6.48. The number of morpholine rings is 1. The van der Waals surface area contributed by atoms with Crippen molar-refractivity contribution in [2.24, 2.45) is 0 Å². The second-order valence-corrected chi connectivity index (χ2v) is 8.05. The Morgan fingerprint density at radius 1 is 1.18 bits per heavy atom. The van der Waals surface area contributed by atoms with E-state index in [0.717, 1.165) is 35.8 Å². The number of benzene rings is 1. The van der Waals surface area contributed by atoms with Crippen LogP contribution in [0.3, 0.4) is 0 Å².